The summed E-state index contributed by atoms with van der Waals surface area (Å²) in [6, 6.07) is 9.74. The number of para-hydroxylation sites is 1. The van der Waals surface area contributed by atoms with E-state index in [-0.39, 0.29) is 6.29 Å². The number of hydrogen-bond acceptors (Lipinski definition) is 3. The lowest BCUT2D eigenvalue weighted by Gasteiger charge is -2.17. The molecule has 0 bridgehead atoms. The minimum atomic E-state index is -0.375. The molecule has 84 valence electrons. The van der Waals surface area contributed by atoms with Gasteiger partial charge in [0.15, 0.2) is 6.29 Å². The highest BCUT2D eigenvalue weighted by Gasteiger charge is 2.14. The summed E-state index contributed by atoms with van der Waals surface area (Å²) < 4.78 is 12.3. The molecular weight excluding hydrogens is 204 g/mol. The molecule has 1 aromatic carbocycles. The smallest absolute Gasteiger partial charge is 0.185 e. The molecule has 0 radical (unpaired) electrons. The molecule has 0 atom stereocenters. The normalized spacial score (nSPS) is 10.9. The molecule has 0 saturated carbocycles. The van der Waals surface area contributed by atoms with Crippen LogP contribution in [0.4, 0.5) is 0 Å². The first kappa shape index (κ1) is 10.9. The van der Waals surface area contributed by atoms with Crippen LogP contribution >= 0.6 is 0 Å². The molecule has 2 aromatic rings. The van der Waals surface area contributed by atoms with Gasteiger partial charge in [-0.25, -0.2) is 4.68 Å². The molecule has 0 fully saturated rings. The van der Waals surface area contributed by atoms with Crippen LogP contribution in [-0.2, 0) is 9.47 Å². The first-order valence-electron chi connectivity index (χ1n) is 5.01. The second kappa shape index (κ2) is 4.92. The topological polar surface area (TPSA) is 36.3 Å². The third kappa shape index (κ3) is 1.98. The van der Waals surface area contributed by atoms with E-state index in [2.05, 4.69) is 5.10 Å². The summed E-state index contributed by atoms with van der Waals surface area (Å²) >= 11 is 0. The molecule has 4 nitrogen and oxygen atoms in total. The van der Waals surface area contributed by atoms with Crippen molar-refractivity contribution in [3.8, 4) is 5.69 Å². The molecular formula is C12H14N2O2. The van der Waals surface area contributed by atoms with Gasteiger partial charge in [0.05, 0.1) is 5.69 Å². The molecule has 0 saturated heterocycles. The Labute approximate surface area is 94.4 Å². The number of hydrogen-bond donors (Lipinski definition) is 0. The molecule has 1 aromatic heterocycles. The average Bonchev–Trinajstić information content (AvgIpc) is 2.85. The second-order valence-corrected chi connectivity index (χ2v) is 3.31. The summed E-state index contributed by atoms with van der Waals surface area (Å²) in [4.78, 5) is 0. The van der Waals surface area contributed by atoms with Gasteiger partial charge < -0.3 is 9.47 Å². The molecule has 0 aliphatic heterocycles. The fourth-order valence-corrected chi connectivity index (χ4v) is 1.66. The third-order valence-electron chi connectivity index (χ3n) is 2.37. The Morgan fingerprint density at radius 2 is 1.88 bits per heavy atom. The van der Waals surface area contributed by atoms with Crippen LogP contribution in [0.1, 0.15) is 11.9 Å². The van der Waals surface area contributed by atoms with Crippen molar-refractivity contribution in [2.24, 2.45) is 0 Å². The van der Waals surface area contributed by atoms with Crippen molar-refractivity contribution in [1.29, 1.82) is 0 Å². The van der Waals surface area contributed by atoms with Crippen LogP contribution in [0.2, 0.25) is 0 Å². The van der Waals surface area contributed by atoms with Crippen LogP contribution < -0.4 is 0 Å². The van der Waals surface area contributed by atoms with E-state index in [0.717, 1.165) is 11.3 Å². The summed E-state index contributed by atoms with van der Waals surface area (Å²) in [6.45, 7) is 0. The predicted octanol–water partition coefficient (Wildman–Crippen LogP) is 2.16. The Morgan fingerprint density at radius 1 is 1.12 bits per heavy atom. The molecule has 0 amide bonds. The highest BCUT2D eigenvalue weighted by molar-refractivity contribution is 5.41. The minimum Gasteiger partial charge on any atom is -0.352 e. The Balaban J connectivity index is 2.45. The van der Waals surface area contributed by atoms with Crippen molar-refractivity contribution in [1.82, 2.24) is 9.78 Å². The summed E-state index contributed by atoms with van der Waals surface area (Å²) in [6.07, 6.45) is 3.26. The summed E-state index contributed by atoms with van der Waals surface area (Å²) in [5, 5.41) is 4.20. The van der Waals surface area contributed by atoms with E-state index >= 15 is 0 Å². The van der Waals surface area contributed by atoms with Gasteiger partial charge in [-0.2, -0.15) is 5.10 Å². The maximum absolute atomic E-state index is 5.26. The molecule has 16 heavy (non-hydrogen) atoms. The van der Waals surface area contributed by atoms with Crippen molar-refractivity contribution in [3.05, 3.63) is 48.3 Å². The van der Waals surface area contributed by atoms with Crippen molar-refractivity contribution in [3.63, 3.8) is 0 Å². The zero-order chi connectivity index (χ0) is 11.4. The predicted molar refractivity (Wildman–Crippen MR) is 60.3 cm³/mol. The Bertz CT molecular complexity index is 436. The highest BCUT2D eigenvalue weighted by atomic mass is 16.7. The summed E-state index contributed by atoms with van der Waals surface area (Å²) in [5.41, 5.74) is 1.91. The van der Waals surface area contributed by atoms with Crippen LogP contribution in [0, 0.1) is 0 Å². The third-order valence-corrected chi connectivity index (χ3v) is 2.37. The van der Waals surface area contributed by atoms with Gasteiger partial charge in [-0.3, -0.25) is 0 Å². The lowest BCUT2D eigenvalue weighted by atomic mass is 10.1. The quantitative estimate of drug-likeness (QED) is 0.738. The molecule has 0 aliphatic rings. The molecule has 0 aliphatic carbocycles. The van der Waals surface area contributed by atoms with Gasteiger partial charge in [-0.05, 0) is 12.1 Å². The number of ether oxygens (including phenoxy) is 2. The minimum absolute atomic E-state index is 0.375. The number of nitrogens with zero attached hydrogens (tertiary/aromatic N) is 2. The SMILES string of the molecule is COC(OC)c1ccccc1-n1cccn1. The van der Waals surface area contributed by atoms with Crippen LogP contribution in [-0.4, -0.2) is 24.0 Å². The molecule has 0 N–H and O–H groups in total. The number of aromatic nitrogens is 2. The first-order chi connectivity index (χ1) is 7.86. The van der Waals surface area contributed by atoms with Crippen molar-refractivity contribution in [2.45, 2.75) is 6.29 Å². The maximum Gasteiger partial charge on any atom is 0.185 e. The second-order valence-electron chi connectivity index (χ2n) is 3.31. The first-order valence-corrected chi connectivity index (χ1v) is 5.01. The standard InChI is InChI=1S/C12H14N2O2/c1-15-12(16-2)10-6-3-4-7-11(10)14-9-5-8-13-14/h3-9,12H,1-2H3. The summed E-state index contributed by atoms with van der Waals surface area (Å²) in [5.74, 6) is 0. The van der Waals surface area contributed by atoms with E-state index in [9.17, 15) is 0 Å². The van der Waals surface area contributed by atoms with Crippen LogP contribution in [0.5, 0.6) is 0 Å². The molecule has 0 unspecified atom stereocenters. The molecule has 2 rings (SSSR count). The summed E-state index contributed by atoms with van der Waals surface area (Å²) in [7, 11) is 3.24. The van der Waals surface area contributed by atoms with Gasteiger partial charge in [0.25, 0.3) is 0 Å². The van der Waals surface area contributed by atoms with Gasteiger partial charge in [-0.15, -0.1) is 0 Å². The molecule has 1 heterocycles. The maximum atomic E-state index is 5.26. The van der Waals surface area contributed by atoms with Crippen LogP contribution in [0.3, 0.4) is 0 Å². The van der Waals surface area contributed by atoms with E-state index in [1.165, 1.54) is 0 Å². The van der Waals surface area contributed by atoms with E-state index in [0.29, 0.717) is 0 Å². The van der Waals surface area contributed by atoms with Gasteiger partial charge >= 0.3 is 0 Å². The van der Waals surface area contributed by atoms with Crippen molar-refractivity contribution >= 4 is 0 Å². The zero-order valence-corrected chi connectivity index (χ0v) is 9.33. The lowest BCUT2D eigenvalue weighted by molar-refractivity contribution is -0.106. The Kier molecular flexibility index (Phi) is 3.34. The number of methoxy groups -OCH3 is 2. The van der Waals surface area contributed by atoms with Gasteiger partial charge in [0.2, 0.25) is 0 Å². The van der Waals surface area contributed by atoms with E-state index in [4.69, 9.17) is 9.47 Å². The largest absolute Gasteiger partial charge is 0.352 e. The monoisotopic (exact) mass is 218 g/mol. The Morgan fingerprint density at radius 3 is 2.50 bits per heavy atom. The van der Waals surface area contributed by atoms with Crippen LogP contribution in [0.25, 0.3) is 5.69 Å². The number of benzene rings is 1. The Hall–Kier alpha value is -1.65. The van der Waals surface area contributed by atoms with E-state index in [1.54, 1.807) is 25.1 Å². The fourth-order valence-electron chi connectivity index (χ4n) is 1.66. The van der Waals surface area contributed by atoms with Crippen molar-refractivity contribution < 1.29 is 9.47 Å². The van der Waals surface area contributed by atoms with Gasteiger partial charge in [0.1, 0.15) is 0 Å². The fraction of sp³-hybridized carbons (Fsp3) is 0.250. The van der Waals surface area contributed by atoms with E-state index in [1.807, 2.05) is 36.5 Å². The average molecular weight is 218 g/mol. The van der Waals surface area contributed by atoms with Gasteiger partial charge in [-0.1, -0.05) is 18.2 Å². The lowest BCUT2D eigenvalue weighted by Crippen LogP contribution is -2.08. The van der Waals surface area contributed by atoms with Gasteiger partial charge in [0, 0.05) is 32.2 Å². The molecule has 0 spiro atoms. The van der Waals surface area contributed by atoms with E-state index < -0.39 is 0 Å². The zero-order valence-electron chi connectivity index (χ0n) is 9.33. The highest BCUT2D eigenvalue weighted by Crippen LogP contribution is 2.23. The number of rotatable bonds is 4. The molecule has 4 heteroatoms. The van der Waals surface area contributed by atoms with Crippen LogP contribution in [0.15, 0.2) is 42.7 Å². The van der Waals surface area contributed by atoms with Crippen molar-refractivity contribution in [2.75, 3.05) is 14.2 Å².